The Hall–Kier alpha value is -2.85. The zero-order valence-electron chi connectivity index (χ0n) is 13.3. The van der Waals surface area contributed by atoms with Gasteiger partial charge in [-0.15, -0.1) is 0 Å². The van der Waals surface area contributed by atoms with Crippen LogP contribution in [0.2, 0.25) is 0 Å². The second kappa shape index (κ2) is 7.62. The van der Waals surface area contributed by atoms with E-state index in [4.69, 9.17) is 17.0 Å². The molecule has 2 N–H and O–H groups in total. The van der Waals surface area contributed by atoms with E-state index in [1.54, 1.807) is 0 Å². The van der Waals surface area contributed by atoms with Crippen molar-refractivity contribution in [3.05, 3.63) is 84.4 Å². The van der Waals surface area contributed by atoms with Crippen LogP contribution in [0.3, 0.4) is 0 Å². The molecule has 0 aliphatic rings. The number of aryl methyl sites for hydroxylation is 1. The summed E-state index contributed by atoms with van der Waals surface area (Å²) in [6, 6.07) is 25.4. The number of ether oxygens (including phenoxy) is 1. The van der Waals surface area contributed by atoms with E-state index >= 15 is 0 Å². The van der Waals surface area contributed by atoms with E-state index in [-0.39, 0.29) is 0 Å². The molecule has 0 fully saturated rings. The van der Waals surface area contributed by atoms with Gasteiger partial charge in [0.2, 0.25) is 0 Å². The van der Waals surface area contributed by atoms with Crippen LogP contribution in [0.25, 0.3) is 0 Å². The molecule has 24 heavy (non-hydrogen) atoms. The second-order valence-electron chi connectivity index (χ2n) is 5.36. The monoisotopic (exact) mass is 334 g/mol. The molecular weight excluding hydrogens is 316 g/mol. The van der Waals surface area contributed by atoms with Crippen LogP contribution in [0, 0.1) is 6.92 Å². The van der Waals surface area contributed by atoms with Gasteiger partial charge in [-0.05, 0) is 55.5 Å². The van der Waals surface area contributed by atoms with Crippen LogP contribution in [0.15, 0.2) is 78.9 Å². The van der Waals surface area contributed by atoms with Crippen molar-refractivity contribution < 1.29 is 4.74 Å². The van der Waals surface area contributed by atoms with Crippen molar-refractivity contribution in [2.24, 2.45) is 0 Å². The van der Waals surface area contributed by atoms with Crippen molar-refractivity contribution in [1.82, 2.24) is 0 Å². The maximum absolute atomic E-state index is 5.93. The lowest BCUT2D eigenvalue weighted by molar-refractivity contribution is 0.485. The van der Waals surface area contributed by atoms with Crippen LogP contribution in [-0.4, -0.2) is 5.11 Å². The lowest BCUT2D eigenvalue weighted by Crippen LogP contribution is -2.19. The first-order chi connectivity index (χ1) is 11.7. The Morgan fingerprint density at radius 2 is 1.46 bits per heavy atom. The van der Waals surface area contributed by atoms with Gasteiger partial charge in [0.25, 0.3) is 0 Å². The molecule has 0 unspecified atom stereocenters. The number of benzene rings is 3. The Balaban J connectivity index is 1.70. The first kappa shape index (κ1) is 16.0. The Bertz CT molecular complexity index is 817. The third-order valence-electron chi connectivity index (χ3n) is 3.42. The summed E-state index contributed by atoms with van der Waals surface area (Å²) in [6.07, 6.45) is 0. The molecule has 0 bridgehead atoms. The number of hydrogen-bond acceptors (Lipinski definition) is 2. The van der Waals surface area contributed by atoms with Crippen molar-refractivity contribution in [1.29, 1.82) is 0 Å². The fourth-order valence-electron chi connectivity index (χ4n) is 2.20. The third-order valence-corrected chi connectivity index (χ3v) is 3.62. The summed E-state index contributed by atoms with van der Waals surface area (Å²) in [5.74, 6) is 1.50. The molecule has 0 amide bonds. The largest absolute Gasteiger partial charge is 0.455 e. The van der Waals surface area contributed by atoms with Gasteiger partial charge in [0.05, 0.1) is 5.69 Å². The maximum atomic E-state index is 5.93. The van der Waals surface area contributed by atoms with Crippen LogP contribution in [0.1, 0.15) is 5.56 Å². The Morgan fingerprint density at radius 1 is 0.792 bits per heavy atom. The third kappa shape index (κ3) is 4.33. The van der Waals surface area contributed by atoms with E-state index in [1.807, 2.05) is 78.9 Å². The molecule has 0 aliphatic heterocycles. The van der Waals surface area contributed by atoms with Crippen LogP contribution in [-0.2, 0) is 0 Å². The smallest absolute Gasteiger partial charge is 0.175 e. The van der Waals surface area contributed by atoms with E-state index < -0.39 is 0 Å². The minimum Gasteiger partial charge on any atom is -0.455 e. The maximum Gasteiger partial charge on any atom is 0.175 e. The van der Waals surface area contributed by atoms with Crippen LogP contribution >= 0.6 is 12.2 Å². The molecular formula is C20H18N2OS. The summed E-state index contributed by atoms with van der Waals surface area (Å²) in [4.78, 5) is 0. The molecule has 0 heterocycles. The summed E-state index contributed by atoms with van der Waals surface area (Å²) >= 11 is 5.40. The highest BCUT2D eigenvalue weighted by molar-refractivity contribution is 7.80. The lowest BCUT2D eigenvalue weighted by Gasteiger charge is -2.14. The highest BCUT2D eigenvalue weighted by Gasteiger charge is 2.06. The first-order valence-corrected chi connectivity index (χ1v) is 8.08. The SMILES string of the molecule is Cc1ccc(NC(=S)Nc2ccccc2Oc2ccccc2)cc1. The van der Waals surface area contributed by atoms with E-state index in [2.05, 4.69) is 17.6 Å². The number of thiocarbonyl (C=S) groups is 1. The number of para-hydroxylation sites is 3. The second-order valence-corrected chi connectivity index (χ2v) is 5.76. The van der Waals surface area contributed by atoms with Crippen LogP contribution in [0.4, 0.5) is 11.4 Å². The summed E-state index contributed by atoms with van der Waals surface area (Å²) < 4.78 is 5.93. The molecule has 0 saturated carbocycles. The summed E-state index contributed by atoms with van der Waals surface area (Å²) in [5, 5.41) is 6.88. The van der Waals surface area contributed by atoms with Gasteiger partial charge in [0.1, 0.15) is 5.75 Å². The van der Waals surface area contributed by atoms with Gasteiger partial charge in [-0.2, -0.15) is 0 Å². The highest BCUT2D eigenvalue weighted by atomic mass is 32.1. The van der Waals surface area contributed by atoms with Gasteiger partial charge in [0, 0.05) is 5.69 Å². The predicted molar refractivity (Wildman–Crippen MR) is 104 cm³/mol. The fourth-order valence-corrected chi connectivity index (χ4v) is 2.42. The van der Waals surface area contributed by atoms with E-state index in [1.165, 1.54) is 5.56 Å². The van der Waals surface area contributed by atoms with Gasteiger partial charge in [-0.3, -0.25) is 0 Å². The molecule has 0 atom stereocenters. The van der Waals surface area contributed by atoms with Gasteiger partial charge in [-0.1, -0.05) is 48.0 Å². The van der Waals surface area contributed by atoms with Crippen molar-refractivity contribution in [2.75, 3.05) is 10.6 Å². The van der Waals surface area contributed by atoms with Crippen molar-refractivity contribution in [3.63, 3.8) is 0 Å². The highest BCUT2D eigenvalue weighted by Crippen LogP contribution is 2.29. The summed E-state index contributed by atoms with van der Waals surface area (Å²) in [6.45, 7) is 2.05. The molecule has 0 spiro atoms. The van der Waals surface area contributed by atoms with Crippen LogP contribution in [0.5, 0.6) is 11.5 Å². The normalized spacial score (nSPS) is 10.0. The van der Waals surface area contributed by atoms with E-state index in [0.717, 1.165) is 22.9 Å². The van der Waals surface area contributed by atoms with E-state index in [0.29, 0.717) is 5.11 Å². The molecule has 3 rings (SSSR count). The molecule has 120 valence electrons. The Labute approximate surface area is 147 Å². The van der Waals surface area contributed by atoms with E-state index in [9.17, 15) is 0 Å². The quantitative estimate of drug-likeness (QED) is 0.609. The average Bonchev–Trinajstić information content (AvgIpc) is 2.60. The first-order valence-electron chi connectivity index (χ1n) is 7.67. The zero-order valence-corrected chi connectivity index (χ0v) is 14.1. The molecule has 0 aliphatic carbocycles. The van der Waals surface area contributed by atoms with Gasteiger partial charge < -0.3 is 15.4 Å². The van der Waals surface area contributed by atoms with Crippen molar-refractivity contribution in [3.8, 4) is 11.5 Å². The lowest BCUT2D eigenvalue weighted by atomic mass is 10.2. The molecule has 0 radical (unpaired) electrons. The minimum absolute atomic E-state index is 0.517. The van der Waals surface area contributed by atoms with Crippen molar-refractivity contribution in [2.45, 2.75) is 6.92 Å². The molecule has 3 aromatic carbocycles. The Morgan fingerprint density at radius 3 is 2.21 bits per heavy atom. The van der Waals surface area contributed by atoms with Gasteiger partial charge in [0.15, 0.2) is 10.9 Å². The summed E-state index contributed by atoms with van der Waals surface area (Å²) in [7, 11) is 0. The number of nitrogens with one attached hydrogen (secondary N) is 2. The molecule has 4 heteroatoms. The molecule has 0 aromatic heterocycles. The summed E-state index contributed by atoms with van der Waals surface area (Å²) in [5.41, 5.74) is 2.96. The number of anilines is 2. The zero-order chi connectivity index (χ0) is 16.8. The van der Waals surface area contributed by atoms with Gasteiger partial charge >= 0.3 is 0 Å². The molecule has 3 aromatic rings. The molecule has 0 saturated heterocycles. The van der Waals surface area contributed by atoms with Gasteiger partial charge in [-0.25, -0.2) is 0 Å². The topological polar surface area (TPSA) is 33.3 Å². The number of hydrogen-bond donors (Lipinski definition) is 2. The fraction of sp³-hybridized carbons (Fsp3) is 0.0500. The minimum atomic E-state index is 0.517. The predicted octanol–water partition coefficient (Wildman–Crippen LogP) is 5.60. The molecule has 3 nitrogen and oxygen atoms in total. The van der Waals surface area contributed by atoms with Crippen molar-refractivity contribution >= 4 is 28.7 Å². The standard InChI is InChI=1S/C20H18N2OS/c1-15-11-13-16(14-12-15)21-20(24)22-18-9-5-6-10-19(18)23-17-7-3-2-4-8-17/h2-14H,1H3,(H2,21,22,24). The Kier molecular flexibility index (Phi) is 5.08. The average molecular weight is 334 g/mol. The van der Waals surface area contributed by atoms with Crippen LogP contribution < -0.4 is 15.4 Å². The number of rotatable bonds is 4.